The molecule has 0 aliphatic carbocycles. The van der Waals surface area contributed by atoms with Gasteiger partial charge in [0.15, 0.2) is 11.5 Å². The molecule has 1 aliphatic heterocycles. The number of benzene rings is 3. The van der Waals surface area contributed by atoms with Crippen LogP contribution in [0.1, 0.15) is 18.1 Å². The molecule has 1 N–H and O–H groups in total. The van der Waals surface area contributed by atoms with Crippen molar-refractivity contribution in [3.05, 3.63) is 92.2 Å². The number of urea groups is 1. The van der Waals surface area contributed by atoms with Crippen LogP contribution in [0.5, 0.6) is 11.5 Å². The second kappa shape index (κ2) is 11.2. The van der Waals surface area contributed by atoms with Gasteiger partial charge in [0.2, 0.25) is 0 Å². The van der Waals surface area contributed by atoms with E-state index in [9.17, 15) is 18.8 Å². The van der Waals surface area contributed by atoms with Crippen LogP contribution in [0.15, 0.2) is 60.2 Å². The highest BCUT2D eigenvalue weighted by atomic mass is 35.5. The molecule has 4 rings (SSSR count). The van der Waals surface area contributed by atoms with Crippen LogP contribution in [0.2, 0.25) is 15.1 Å². The molecular weight excluding hydrogens is 546 g/mol. The summed E-state index contributed by atoms with van der Waals surface area (Å²) in [7, 11) is 0. The van der Waals surface area contributed by atoms with Crippen molar-refractivity contribution in [2.75, 3.05) is 11.5 Å². The fourth-order valence-corrected chi connectivity index (χ4v) is 4.09. The minimum atomic E-state index is -0.935. The number of halogens is 4. The van der Waals surface area contributed by atoms with Gasteiger partial charge in [-0.15, -0.1) is 0 Å². The summed E-state index contributed by atoms with van der Waals surface area (Å²) in [4.78, 5) is 38.9. The van der Waals surface area contributed by atoms with E-state index in [-0.39, 0.29) is 51.0 Å². The number of amides is 4. The summed E-state index contributed by atoms with van der Waals surface area (Å²) in [6, 6.07) is 12.4. The molecule has 3 aromatic rings. The summed E-state index contributed by atoms with van der Waals surface area (Å²) < 4.78 is 25.4. The lowest BCUT2D eigenvalue weighted by atomic mass is 10.1. The molecule has 3 aromatic carbocycles. The zero-order valence-electron chi connectivity index (χ0n) is 19.2. The smallest absolute Gasteiger partial charge is 0.335 e. The molecule has 0 atom stereocenters. The zero-order valence-corrected chi connectivity index (χ0v) is 21.5. The normalized spacial score (nSPS) is 14.7. The highest BCUT2D eigenvalue weighted by molar-refractivity contribution is 6.43. The van der Waals surface area contributed by atoms with Crippen molar-refractivity contribution in [2.45, 2.75) is 13.5 Å². The molecule has 37 heavy (non-hydrogen) atoms. The number of ether oxygens (including phenoxy) is 2. The van der Waals surface area contributed by atoms with E-state index < -0.39 is 23.7 Å². The number of hydrogen-bond acceptors (Lipinski definition) is 5. The highest BCUT2D eigenvalue weighted by Gasteiger charge is 2.37. The highest BCUT2D eigenvalue weighted by Crippen LogP contribution is 2.38. The first kappa shape index (κ1) is 26.5. The Morgan fingerprint density at radius 2 is 1.70 bits per heavy atom. The van der Waals surface area contributed by atoms with Gasteiger partial charge in [-0.1, -0.05) is 53.0 Å². The number of nitrogens with one attached hydrogen (secondary N) is 1. The quantitative estimate of drug-likeness (QED) is 0.265. The summed E-state index contributed by atoms with van der Waals surface area (Å²) in [5.41, 5.74) is 0.446. The standard InChI is InChI=1S/C26H18Cl3FN2O5/c1-2-36-22-11-14(10-20(29)23(22)37-13-15-5-3-4-6-21(15)30)9-17-24(33)31-26(35)32(25(17)34)16-7-8-18(27)19(28)12-16/h3-12H,2,13H2,1H3,(H,31,33,35)/b17-9+. The lowest BCUT2D eigenvalue weighted by molar-refractivity contribution is -0.122. The van der Waals surface area contributed by atoms with Crippen molar-refractivity contribution in [3.63, 3.8) is 0 Å². The predicted molar refractivity (Wildman–Crippen MR) is 139 cm³/mol. The van der Waals surface area contributed by atoms with Gasteiger partial charge in [0.25, 0.3) is 11.8 Å². The van der Waals surface area contributed by atoms with E-state index in [1.165, 1.54) is 42.5 Å². The number of nitrogens with zero attached hydrogens (tertiary/aromatic N) is 1. The van der Waals surface area contributed by atoms with Crippen LogP contribution in [0.25, 0.3) is 6.08 Å². The van der Waals surface area contributed by atoms with E-state index >= 15 is 0 Å². The third-order valence-electron chi connectivity index (χ3n) is 5.24. The van der Waals surface area contributed by atoms with Crippen LogP contribution in [0.4, 0.5) is 14.9 Å². The van der Waals surface area contributed by atoms with Crippen molar-refractivity contribution in [1.82, 2.24) is 5.32 Å². The fourth-order valence-electron chi connectivity index (χ4n) is 3.52. The lowest BCUT2D eigenvalue weighted by Gasteiger charge is -2.26. The summed E-state index contributed by atoms with van der Waals surface area (Å²) in [5, 5.41) is 2.60. The fraction of sp³-hybridized carbons (Fsp3) is 0.115. The van der Waals surface area contributed by atoms with Crippen molar-refractivity contribution < 1.29 is 28.2 Å². The maximum absolute atomic E-state index is 14.0. The molecule has 1 fully saturated rings. The second-order valence-electron chi connectivity index (χ2n) is 7.70. The Hall–Kier alpha value is -3.59. The van der Waals surface area contributed by atoms with Gasteiger partial charge in [0.05, 0.1) is 27.4 Å². The van der Waals surface area contributed by atoms with Crippen LogP contribution in [0, 0.1) is 5.82 Å². The topological polar surface area (TPSA) is 84.9 Å². The van der Waals surface area contributed by atoms with Gasteiger partial charge < -0.3 is 9.47 Å². The van der Waals surface area contributed by atoms with Gasteiger partial charge in [0, 0.05) is 5.56 Å². The summed E-state index contributed by atoms with van der Waals surface area (Å²) in [6.45, 7) is 1.90. The Balaban J connectivity index is 1.67. The average molecular weight is 564 g/mol. The van der Waals surface area contributed by atoms with Crippen molar-refractivity contribution in [3.8, 4) is 11.5 Å². The van der Waals surface area contributed by atoms with Gasteiger partial charge in [-0.05, 0) is 55.0 Å². The first-order valence-electron chi connectivity index (χ1n) is 10.9. The van der Waals surface area contributed by atoms with Gasteiger partial charge in [-0.2, -0.15) is 0 Å². The lowest BCUT2D eigenvalue weighted by Crippen LogP contribution is -2.54. The summed E-state index contributed by atoms with van der Waals surface area (Å²) in [5.74, 6) is -1.80. The molecule has 4 amide bonds. The number of imide groups is 2. The van der Waals surface area contributed by atoms with E-state index in [4.69, 9.17) is 44.3 Å². The Kier molecular flexibility index (Phi) is 8.02. The van der Waals surface area contributed by atoms with E-state index in [1.807, 2.05) is 0 Å². The van der Waals surface area contributed by atoms with Crippen molar-refractivity contribution >= 4 is 64.4 Å². The van der Waals surface area contributed by atoms with E-state index in [0.29, 0.717) is 11.1 Å². The number of barbiturate groups is 1. The predicted octanol–water partition coefficient (Wildman–Crippen LogP) is 6.43. The minimum Gasteiger partial charge on any atom is -0.490 e. The summed E-state index contributed by atoms with van der Waals surface area (Å²) in [6.07, 6.45) is 1.27. The SMILES string of the molecule is CCOc1cc(/C=C2\C(=O)NC(=O)N(c3ccc(Cl)c(Cl)c3)C2=O)cc(Cl)c1OCc1ccccc1F. The van der Waals surface area contributed by atoms with Crippen LogP contribution in [-0.4, -0.2) is 24.5 Å². The molecule has 0 saturated carbocycles. The molecule has 1 aliphatic rings. The maximum Gasteiger partial charge on any atom is 0.335 e. The molecule has 0 spiro atoms. The second-order valence-corrected chi connectivity index (χ2v) is 8.92. The average Bonchev–Trinajstić information content (AvgIpc) is 2.84. The zero-order chi connectivity index (χ0) is 26.7. The Bertz CT molecular complexity index is 1440. The molecule has 1 heterocycles. The van der Waals surface area contributed by atoms with E-state index in [0.717, 1.165) is 4.90 Å². The first-order valence-corrected chi connectivity index (χ1v) is 12.0. The maximum atomic E-state index is 14.0. The molecule has 0 bridgehead atoms. The largest absolute Gasteiger partial charge is 0.490 e. The molecular formula is C26H18Cl3FN2O5. The van der Waals surface area contributed by atoms with Gasteiger partial charge in [-0.25, -0.2) is 14.1 Å². The first-order chi connectivity index (χ1) is 17.7. The molecule has 0 unspecified atom stereocenters. The van der Waals surface area contributed by atoms with Crippen molar-refractivity contribution in [2.24, 2.45) is 0 Å². The number of anilines is 1. The Morgan fingerprint density at radius 1 is 0.946 bits per heavy atom. The monoisotopic (exact) mass is 562 g/mol. The van der Waals surface area contributed by atoms with E-state index in [1.54, 1.807) is 25.1 Å². The minimum absolute atomic E-state index is 0.103. The van der Waals surface area contributed by atoms with Gasteiger partial charge in [-0.3, -0.25) is 14.9 Å². The molecule has 0 radical (unpaired) electrons. The third-order valence-corrected chi connectivity index (χ3v) is 6.26. The molecule has 190 valence electrons. The van der Waals surface area contributed by atoms with Crippen LogP contribution >= 0.6 is 34.8 Å². The van der Waals surface area contributed by atoms with Gasteiger partial charge >= 0.3 is 6.03 Å². The molecule has 0 aromatic heterocycles. The Labute approximate surface area is 226 Å². The van der Waals surface area contributed by atoms with Crippen LogP contribution < -0.4 is 19.7 Å². The van der Waals surface area contributed by atoms with E-state index in [2.05, 4.69) is 5.32 Å². The molecule has 7 nitrogen and oxygen atoms in total. The number of carbonyl (C=O) groups excluding carboxylic acids is 3. The summed E-state index contributed by atoms with van der Waals surface area (Å²) >= 11 is 18.4. The van der Waals surface area contributed by atoms with Crippen LogP contribution in [0.3, 0.4) is 0 Å². The molecule has 1 saturated heterocycles. The Morgan fingerprint density at radius 3 is 2.41 bits per heavy atom. The number of rotatable bonds is 7. The van der Waals surface area contributed by atoms with Crippen molar-refractivity contribution in [1.29, 1.82) is 0 Å². The number of hydrogen-bond donors (Lipinski definition) is 1. The number of carbonyl (C=O) groups is 3. The van der Waals surface area contributed by atoms with Gasteiger partial charge in [0.1, 0.15) is 18.0 Å². The third kappa shape index (κ3) is 5.72. The molecule has 11 heteroatoms. The van der Waals surface area contributed by atoms with Crippen LogP contribution in [-0.2, 0) is 16.2 Å².